The Morgan fingerprint density at radius 1 is 1.03 bits per heavy atom. The molecule has 9 nitrogen and oxygen atoms in total. The van der Waals surface area contributed by atoms with Crippen LogP contribution in [0.4, 0.5) is 5.69 Å². The molecule has 0 amide bonds. The zero-order valence-corrected chi connectivity index (χ0v) is 22.1. The molecule has 0 atom stereocenters. The van der Waals surface area contributed by atoms with Gasteiger partial charge in [-0.25, -0.2) is 9.67 Å². The smallest absolute Gasteiger partial charge is 0.311 e. The third-order valence-corrected chi connectivity index (χ3v) is 6.15. The van der Waals surface area contributed by atoms with Gasteiger partial charge in [-0.3, -0.25) is 20.1 Å². The highest BCUT2D eigenvalue weighted by Gasteiger charge is 2.22. The number of pyridine rings is 2. The number of ether oxygens (including phenoxy) is 1. The van der Waals surface area contributed by atoms with E-state index in [1.807, 2.05) is 54.6 Å². The number of benzene rings is 2. The molecule has 0 aliphatic carbocycles. The van der Waals surface area contributed by atoms with Gasteiger partial charge >= 0.3 is 5.97 Å². The van der Waals surface area contributed by atoms with Crippen LogP contribution >= 0.6 is 11.6 Å². The Kier molecular flexibility index (Phi) is 7.22. The van der Waals surface area contributed by atoms with Crippen LogP contribution in [0.25, 0.3) is 33.3 Å². The second-order valence-electron chi connectivity index (χ2n) is 9.85. The molecule has 194 valence electrons. The first-order valence-electron chi connectivity index (χ1n) is 12.2. The molecule has 0 radical (unpaired) electrons. The van der Waals surface area contributed by atoms with E-state index in [1.54, 1.807) is 31.6 Å². The number of hydrogen-bond acceptors (Lipinski definition) is 8. The van der Waals surface area contributed by atoms with Gasteiger partial charge in [0.25, 0.3) is 0 Å². The molecule has 0 spiro atoms. The number of halogens is 1. The number of esters is 1. The fourth-order valence-corrected chi connectivity index (χ4v) is 4.01. The van der Waals surface area contributed by atoms with Gasteiger partial charge in [0.2, 0.25) is 0 Å². The number of nitrogens with one attached hydrogen (secondary N) is 1. The molecule has 10 heteroatoms. The molecular formula is C28H27ClN6O3. The van der Waals surface area contributed by atoms with Gasteiger partial charge in [0.15, 0.2) is 5.65 Å². The van der Waals surface area contributed by atoms with Crippen LogP contribution in [-0.4, -0.2) is 44.1 Å². The molecule has 2 aromatic carbocycles. The molecule has 3 heterocycles. The maximum absolute atomic E-state index is 11.8. The number of rotatable bonds is 8. The van der Waals surface area contributed by atoms with E-state index in [4.69, 9.17) is 26.2 Å². The lowest BCUT2D eigenvalue weighted by molar-refractivity contribution is -0.154. The number of hydrogen-bond donors (Lipinski definition) is 1. The molecule has 0 bridgehead atoms. The lowest BCUT2D eigenvalue weighted by atomic mass is 9.97. The third-order valence-electron chi connectivity index (χ3n) is 5.84. The van der Waals surface area contributed by atoms with Crippen molar-refractivity contribution in [3.63, 3.8) is 0 Å². The van der Waals surface area contributed by atoms with E-state index >= 15 is 0 Å². The fraction of sp³-hybridized carbons (Fsp3) is 0.250. The van der Waals surface area contributed by atoms with Gasteiger partial charge < -0.3 is 4.74 Å². The molecule has 0 aliphatic heterocycles. The second kappa shape index (κ2) is 10.7. The van der Waals surface area contributed by atoms with Gasteiger partial charge in [0.05, 0.1) is 33.9 Å². The van der Waals surface area contributed by atoms with Crippen molar-refractivity contribution in [2.45, 2.75) is 27.3 Å². The van der Waals surface area contributed by atoms with Crippen LogP contribution in [0.3, 0.4) is 0 Å². The largest absolute Gasteiger partial charge is 0.463 e. The fourth-order valence-electron chi connectivity index (χ4n) is 3.80. The number of aromatic nitrogens is 5. The van der Waals surface area contributed by atoms with Crippen molar-refractivity contribution < 1.29 is 14.4 Å². The molecule has 38 heavy (non-hydrogen) atoms. The lowest BCUT2D eigenvalue weighted by Crippen LogP contribution is -2.24. The summed E-state index contributed by atoms with van der Waals surface area (Å²) >= 11 is 6.50. The van der Waals surface area contributed by atoms with Gasteiger partial charge in [-0.2, -0.15) is 0 Å². The highest BCUT2D eigenvalue weighted by Crippen LogP contribution is 2.29. The summed E-state index contributed by atoms with van der Waals surface area (Å²) in [6.07, 6.45) is 1.79. The molecule has 0 fully saturated rings. The molecule has 0 aliphatic rings. The Hall–Kier alpha value is -4.08. The molecule has 5 aromatic rings. The summed E-state index contributed by atoms with van der Waals surface area (Å²) in [6.45, 7) is 6.26. The Bertz CT molecular complexity index is 1610. The first-order valence-corrected chi connectivity index (χ1v) is 12.5. The summed E-state index contributed by atoms with van der Waals surface area (Å²) in [4.78, 5) is 26.4. The summed E-state index contributed by atoms with van der Waals surface area (Å²) in [5.74, 6) is -0.279. The average Bonchev–Trinajstić information content (AvgIpc) is 3.30. The van der Waals surface area contributed by atoms with Crippen molar-refractivity contribution in [1.82, 2.24) is 25.0 Å². The van der Waals surface area contributed by atoms with Gasteiger partial charge in [-0.15, -0.1) is 5.10 Å². The van der Waals surface area contributed by atoms with Gasteiger partial charge in [-0.1, -0.05) is 35.0 Å². The van der Waals surface area contributed by atoms with Crippen LogP contribution in [0.1, 0.15) is 26.3 Å². The van der Waals surface area contributed by atoms with Crippen molar-refractivity contribution in [3.05, 3.63) is 77.4 Å². The van der Waals surface area contributed by atoms with Crippen molar-refractivity contribution in [3.8, 4) is 11.3 Å². The third kappa shape index (κ3) is 5.74. The summed E-state index contributed by atoms with van der Waals surface area (Å²) in [5.41, 5.74) is 7.85. The Morgan fingerprint density at radius 3 is 2.68 bits per heavy atom. The minimum absolute atomic E-state index is 0.139. The van der Waals surface area contributed by atoms with Crippen molar-refractivity contribution in [2.75, 3.05) is 18.7 Å². The topological polar surface area (TPSA) is 104 Å². The lowest BCUT2D eigenvalue weighted by Gasteiger charge is -2.16. The van der Waals surface area contributed by atoms with E-state index < -0.39 is 5.41 Å². The second-order valence-corrected chi connectivity index (χ2v) is 10.3. The van der Waals surface area contributed by atoms with Crippen LogP contribution in [0, 0.1) is 5.41 Å². The summed E-state index contributed by atoms with van der Waals surface area (Å²) in [7, 11) is 0. The molecular weight excluding hydrogens is 504 g/mol. The van der Waals surface area contributed by atoms with Crippen LogP contribution in [0.5, 0.6) is 0 Å². The van der Waals surface area contributed by atoms with Crippen LogP contribution in [0.15, 0.2) is 66.9 Å². The highest BCUT2D eigenvalue weighted by atomic mass is 35.5. The van der Waals surface area contributed by atoms with Gasteiger partial charge in [-0.05, 0) is 68.8 Å². The maximum Gasteiger partial charge on any atom is 0.311 e. The average molecular weight is 531 g/mol. The number of carbonyl (C=O) groups excluding carboxylic acids is 1. The predicted octanol–water partition coefficient (Wildman–Crippen LogP) is 5.68. The van der Waals surface area contributed by atoms with Crippen molar-refractivity contribution >= 4 is 45.3 Å². The SMILES string of the molecule is CC(C)(C)C(=O)OCCONc1ccc(-c2ccc3nnn(Cc4ccc5ncccc5c4)c3n2)cc1Cl. The summed E-state index contributed by atoms with van der Waals surface area (Å²) < 4.78 is 6.97. The molecule has 0 saturated heterocycles. The van der Waals surface area contributed by atoms with E-state index in [0.717, 1.165) is 27.7 Å². The van der Waals surface area contributed by atoms with Crippen molar-refractivity contribution in [1.29, 1.82) is 0 Å². The number of anilines is 1. The molecule has 0 unspecified atom stereocenters. The van der Waals surface area contributed by atoms with Crippen LogP contribution < -0.4 is 5.48 Å². The van der Waals surface area contributed by atoms with Crippen molar-refractivity contribution in [2.24, 2.45) is 5.41 Å². The standard InChI is InChI=1S/C28H27ClN6O3/c1-28(2,3)27(36)37-13-14-38-33-24-9-7-20(16-21(24)29)23-10-11-25-26(31-23)35(34-32-25)17-18-6-8-22-19(15-18)5-4-12-30-22/h4-12,15-16,33H,13-14,17H2,1-3H3. The molecule has 1 N–H and O–H groups in total. The maximum atomic E-state index is 11.8. The predicted molar refractivity (Wildman–Crippen MR) is 147 cm³/mol. The Morgan fingerprint density at radius 2 is 1.87 bits per heavy atom. The zero-order valence-electron chi connectivity index (χ0n) is 21.3. The molecule has 5 rings (SSSR count). The highest BCUT2D eigenvalue weighted by molar-refractivity contribution is 6.33. The quantitative estimate of drug-likeness (QED) is 0.155. The molecule has 3 aromatic heterocycles. The summed E-state index contributed by atoms with van der Waals surface area (Å²) in [6, 6.07) is 19.4. The van der Waals surface area contributed by atoms with E-state index in [0.29, 0.717) is 28.4 Å². The minimum Gasteiger partial charge on any atom is -0.463 e. The monoisotopic (exact) mass is 530 g/mol. The summed E-state index contributed by atoms with van der Waals surface area (Å²) in [5, 5.41) is 10.1. The van der Waals surface area contributed by atoms with Crippen LogP contribution in [0.2, 0.25) is 5.02 Å². The minimum atomic E-state index is -0.550. The van der Waals surface area contributed by atoms with E-state index in [1.165, 1.54) is 0 Å². The number of nitrogens with zero attached hydrogens (tertiary/aromatic N) is 5. The first kappa shape index (κ1) is 25.6. The van der Waals surface area contributed by atoms with Crippen LogP contribution in [-0.2, 0) is 20.9 Å². The van der Waals surface area contributed by atoms with Gasteiger partial charge in [0.1, 0.15) is 18.7 Å². The normalized spacial score (nSPS) is 11.7. The Balaban J connectivity index is 1.27. The van der Waals surface area contributed by atoms with E-state index in [-0.39, 0.29) is 19.2 Å². The van der Waals surface area contributed by atoms with Gasteiger partial charge in [0, 0.05) is 17.1 Å². The zero-order chi connectivity index (χ0) is 26.7. The molecule has 0 saturated carbocycles. The van der Waals surface area contributed by atoms with E-state index in [9.17, 15) is 4.79 Å². The first-order chi connectivity index (χ1) is 18.3. The van der Waals surface area contributed by atoms with E-state index in [2.05, 4.69) is 26.8 Å². The Labute approximate surface area is 224 Å². The number of fused-ring (bicyclic) bond motifs is 2. The number of carbonyl (C=O) groups is 1.